The van der Waals surface area contributed by atoms with E-state index in [1.807, 2.05) is 35.2 Å². The first-order valence-electron chi connectivity index (χ1n) is 11.9. The van der Waals surface area contributed by atoms with Gasteiger partial charge >= 0.3 is 0 Å². The van der Waals surface area contributed by atoms with Crippen LogP contribution in [0, 0.1) is 0 Å². The summed E-state index contributed by atoms with van der Waals surface area (Å²) >= 11 is 0. The first kappa shape index (κ1) is 22.4. The van der Waals surface area contributed by atoms with E-state index in [1.54, 1.807) is 11.6 Å². The molecule has 0 bridgehead atoms. The Hall–Kier alpha value is -3.40. The number of carbonyl (C=O) groups is 1. The number of hydrogen-bond donors (Lipinski definition) is 0. The summed E-state index contributed by atoms with van der Waals surface area (Å²) in [5, 5.41) is 13.3. The minimum Gasteiger partial charge on any atom is -0.497 e. The van der Waals surface area contributed by atoms with Crippen molar-refractivity contribution in [3.8, 4) is 5.75 Å². The largest absolute Gasteiger partial charge is 0.497 e. The zero-order valence-corrected chi connectivity index (χ0v) is 19.9. The molecule has 0 saturated carbocycles. The number of anilines is 2. The number of aromatic nitrogens is 4. The molecular weight excluding hydrogens is 432 g/mol. The lowest BCUT2D eigenvalue weighted by molar-refractivity contribution is -0.131. The Balaban J connectivity index is 1.18. The third-order valence-corrected chi connectivity index (χ3v) is 6.75. The van der Waals surface area contributed by atoms with Crippen LogP contribution < -0.4 is 14.5 Å². The van der Waals surface area contributed by atoms with Crippen molar-refractivity contribution >= 4 is 23.1 Å². The molecule has 2 aliphatic rings. The van der Waals surface area contributed by atoms with E-state index in [1.165, 1.54) is 0 Å². The van der Waals surface area contributed by atoms with Crippen LogP contribution in [0.3, 0.4) is 0 Å². The molecule has 2 saturated heterocycles. The van der Waals surface area contributed by atoms with E-state index in [9.17, 15) is 4.79 Å². The van der Waals surface area contributed by atoms with Crippen molar-refractivity contribution in [2.24, 2.45) is 0 Å². The summed E-state index contributed by atoms with van der Waals surface area (Å²) < 4.78 is 7.13. The molecule has 4 heterocycles. The van der Waals surface area contributed by atoms with Crippen molar-refractivity contribution in [2.75, 3.05) is 76.3 Å². The smallest absolute Gasteiger partial charge is 0.223 e. The van der Waals surface area contributed by atoms with E-state index < -0.39 is 0 Å². The molecule has 2 fully saturated rings. The van der Waals surface area contributed by atoms with Crippen molar-refractivity contribution in [3.63, 3.8) is 0 Å². The lowest BCUT2D eigenvalue weighted by Gasteiger charge is -2.36. The number of fused-ring (bicyclic) bond motifs is 1. The third kappa shape index (κ3) is 4.77. The first-order chi connectivity index (χ1) is 16.6. The Morgan fingerprint density at radius 3 is 2.47 bits per heavy atom. The minimum absolute atomic E-state index is 0.150. The molecule has 0 aliphatic carbocycles. The summed E-state index contributed by atoms with van der Waals surface area (Å²) in [5.74, 6) is 2.66. The van der Waals surface area contributed by atoms with Crippen LogP contribution in [-0.2, 0) is 11.2 Å². The third-order valence-electron chi connectivity index (χ3n) is 6.75. The van der Waals surface area contributed by atoms with Crippen molar-refractivity contribution in [3.05, 3.63) is 42.2 Å². The minimum atomic E-state index is 0.150. The zero-order chi connectivity index (χ0) is 23.5. The van der Waals surface area contributed by atoms with Gasteiger partial charge in [0, 0.05) is 77.0 Å². The highest BCUT2D eigenvalue weighted by molar-refractivity contribution is 5.76. The van der Waals surface area contributed by atoms with Crippen LogP contribution in [-0.4, -0.2) is 102 Å². The van der Waals surface area contributed by atoms with Gasteiger partial charge in [-0.05, 0) is 31.3 Å². The molecule has 0 N–H and O–H groups in total. The second-order valence-electron chi connectivity index (χ2n) is 8.94. The maximum Gasteiger partial charge on any atom is 0.223 e. The number of likely N-dealkylation sites (N-methyl/N-ethyl adjacent to an activating group) is 1. The van der Waals surface area contributed by atoms with E-state index in [-0.39, 0.29) is 5.91 Å². The molecule has 180 valence electrons. The summed E-state index contributed by atoms with van der Waals surface area (Å²) in [6.45, 7) is 6.98. The van der Waals surface area contributed by atoms with Gasteiger partial charge in [-0.1, -0.05) is 6.07 Å². The number of carbonyl (C=O) groups excluding carboxylic acids is 1. The van der Waals surface area contributed by atoms with E-state index >= 15 is 0 Å². The Labute approximate surface area is 199 Å². The number of rotatable bonds is 6. The fourth-order valence-electron chi connectivity index (χ4n) is 4.58. The molecule has 10 nitrogen and oxygen atoms in total. The first-order valence-corrected chi connectivity index (χ1v) is 11.9. The highest BCUT2D eigenvalue weighted by Gasteiger charge is 2.22. The standard InChI is InChI=1S/C24H32N8O2/c1-28-10-12-30(13-11-28)23-7-6-21-25-26-22(32(21)27-23)8-9-24(33)31-16-14-29(15-17-31)19-4-3-5-20(18-19)34-2/h3-7,18H,8-17H2,1-2H3. The van der Waals surface area contributed by atoms with E-state index in [2.05, 4.69) is 38.0 Å². The average molecular weight is 465 g/mol. The fraction of sp³-hybridized carbons (Fsp3) is 0.500. The normalized spacial score (nSPS) is 17.4. The van der Waals surface area contributed by atoms with Gasteiger partial charge in [0.25, 0.3) is 0 Å². The lowest BCUT2D eigenvalue weighted by Crippen LogP contribution is -2.48. The Bertz CT molecular complexity index is 1130. The number of methoxy groups -OCH3 is 1. The predicted molar refractivity (Wildman–Crippen MR) is 131 cm³/mol. The van der Waals surface area contributed by atoms with Crippen LogP contribution in [0.1, 0.15) is 12.2 Å². The molecule has 0 unspecified atom stereocenters. The number of ether oxygens (including phenoxy) is 1. The van der Waals surface area contributed by atoms with Crippen LogP contribution in [0.25, 0.3) is 5.65 Å². The van der Waals surface area contributed by atoms with Gasteiger partial charge in [0.1, 0.15) is 11.6 Å². The molecule has 0 atom stereocenters. The van der Waals surface area contributed by atoms with Crippen molar-refractivity contribution in [1.29, 1.82) is 0 Å². The van der Waals surface area contributed by atoms with Gasteiger partial charge < -0.3 is 24.3 Å². The number of benzene rings is 1. The molecule has 3 aromatic rings. The zero-order valence-electron chi connectivity index (χ0n) is 19.9. The summed E-state index contributed by atoms with van der Waals surface area (Å²) in [7, 11) is 3.82. The molecule has 1 amide bonds. The summed E-state index contributed by atoms with van der Waals surface area (Å²) in [6.07, 6.45) is 0.926. The average Bonchev–Trinajstić information content (AvgIpc) is 3.30. The molecule has 10 heteroatoms. The van der Waals surface area contributed by atoms with Crippen molar-refractivity contribution in [2.45, 2.75) is 12.8 Å². The highest BCUT2D eigenvalue weighted by atomic mass is 16.5. The van der Waals surface area contributed by atoms with Gasteiger partial charge in [-0.2, -0.15) is 4.52 Å². The fourth-order valence-corrected chi connectivity index (χ4v) is 4.58. The van der Waals surface area contributed by atoms with Crippen LogP contribution in [0.15, 0.2) is 36.4 Å². The molecule has 0 spiro atoms. The maximum atomic E-state index is 12.9. The Morgan fingerprint density at radius 1 is 0.941 bits per heavy atom. The predicted octanol–water partition coefficient (Wildman–Crippen LogP) is 1.17. The molecular formula is C24H32N8O2. The Morgan fingerprint density at radius 2 is 1.71 bits per heavy atom. The summed E-state index contributed by atoms with van der Waals surface area (Å²) in [5.41, 5.74) is 1.84. The van der Waals surface area contributed by atoms with Gasteiger partial charge in [-0.25, -0.2) is 0 Å². The van der Waals surface area contributed by atoms with E-state index in [0.717, 1.165) is 62.3 Å². The van der Waals surface area contributed by atoms with Crippen LogP contribution >= 0.6 is 0 Å². The van der Waals surface area contributed by atoms with Gasteiger partial charge in [0.2, 0.25) is 5.91 Å². The number of aryl methyl sites for hydroxylation is 1. The van der Waals surface area contributed by atoms with Gasteiger partial charge in [0.05, 0.1) is 7.11 Å². The lowest BCUT2D eigenvalue weighted by atomic mass is 10.2. The molecule has 0 radical (unpaired) electrons. The molecule has 2 aliphatic heterocycles. The second-order valence-corrected chi connectivity index (χ2v) is 8.94. The van der Waals surface area contributed by atoms with E-state index in [0.29, 0.717) is 31.6 Å². The van der Waals surface area contributed by atoms with Gasteiger partial charge in [-0.3, -0.25) is 4.79 Å². The second kappa shape index (κ2) is 9.84. The van der Waals surface area contributed by atoms with Crippen LogP contribution in [0.4, 0.5) is 11.5 Å². The van der Waals surface area contributed by atoms with Crippen LogP contribution in [0.2, 0.25) is 0 Å². The summed E-state index contributed by atoms with van der Waals surface area (Å²) in [4.78, 5) is 21.8. The number of hydrogen-bond acceptors (Lipinski definition) is 8. The molecule has 5 rings (SSSR count). The molecule has 34 heavy (non-hydrogen) atoms. The Kier molecular flexibility index (Phi) is 6.48. The highest BCUT2D eigenvalue weighted by Crippen LogP contribution is 2.22. The van der Waals surface area contributed by atoms with E-state index in [4.69, 9.17) is 9.84 Å². The number of piperazine rings is 2. The number of nitrogens with zero attached hydrogens (tertiary/aromatic N) is 8. The quantitative estimate of drug-likeness (QED) is 0.538. The topological polar surface area (TPSA) is 82.3 Å². The van der Waals surface area contributed by atoms with Gasteiger partial charge in [0.15, 0.2) is 11.5 Å². The SMILES string of the molecule is COc1cccc(N2CCN(C(=O)CCc3nnc4ccc(N5CCN(C)CC5)nn34)CC2)c1. The van der Waals surface area contributed by atoms with Crippen LogP contribution in [0.5, 0.6) is 5.75 Å². The van der Waals surface area contributed by atoms with Gasteiger partial charge in [-0.15, -0.1) is 15.3 Å². The monoisotopic (exact) mass is 464 g/mol. The maximum absolute atomic E-state index is 12.9. The summed E-state index contributed by atoms with van der Waals surface area (Å²) in [6, 6.07) is 12.0. The number of amides is 1. The van der Waals surface area contributed by atoms with Crippen molar-refractivity contribution < 1.29 is 9.53 Å². The van der Waals surface area contributed by atoms with Crippen molar-refractivity contribution in [1.82, 2.24) is 29.6 Å². The molecule has 1 aromatic carbocycles. The molecule has 2 aromatic heterocycles.